The van der Waals surface area contributed by atoms with Crippen molar-refractivity contribution in [1.82, 2.24) is 0 Å². The van der Waals surface area contributed by atoms with Crippen LogP contribution in [0.4, 0.5) is 0 Å². The summed E-state index contributed by atoms with van der Waals surface area (Å²) in [7, 11) is 0. The number of rotatable bonds is 3. The van der Waals surface area contributed by atoms with E-state index in [1.54, 1.807) is 0 Å². The lowest BCUT2D eigenvalue weighted by atomic mass is 9.68. The molecule has 76 valence electrons. The largest absolute Gasteiger partial charge is 0.330 e. The van der Waals surface area contributed by atoms with Crippen molar-refractivity contribution in [1.29, 1.82) is 0 Å². The fraction of sp³-hybridized carbons (Fsp3) is 1.00. The van der Waals surface area contributed by atoms with Crippen LogP contribution >= 0.6 is 0 Å². The number of hydrogen-bond acceptors (Lipinski definition) is 1. The van der Waals surface area contributed by atoms with E-state index < -0.39 is 0 Å². The van der Waals surface area contributed by atoms with Crippen LogP contribution in [-0.4, -0.2) is 6.54 Å². The minimum Gasteiger partial charge on any atom is -0.330 e. The van der Waals surface area contributed by atoms with E-state index >= 15 is 0 Å². The lowest BCUT2D eigenvalue weighted by molar-refractivity contribution is 0.136. The maximum absolute atomic E-state index is 6.00. The van der Waals surface area contributed by atoms with Gasteiger partial charge in [0.15, 0.2) is 0 Å². The van der Waals surface area contributed by atoms with Crippen LogP contribution in [0.3, 0.4) is 0 Å². The van der Waals surface area contributed by atoms with Crippen molar-refractivity contribution in [3.8, 4) is 0 Å². The third-order valence-corrected chi connectivity index (χ3v) is 4.32. The molecular formula is C12H23N. The molecule has 0 aromatic heterocycles. The smallest absolute Gasteiger partial charge is 0.00177 e. The van der Waals surface area contributed by atoms with Crippen LogP contribution in [0.2, 0.25) is 0 Å². The maximum atomic E-state index is 6.00. The summed E-state index contributed by atoms with van der Waals surface area (Å²) < 4.78 is 0. The van der Waals surface area contributed by atoms with E-state index in [4.69, 9.17) is 5.73 Å². The number of fused-ring (bicyclic) bond motifs is 2. The van der Waals surface area contributed by atoms with Crippen LogP contribution in [-0.2, 0) is 0 Å². The number of nitrogens with two attached hydrogens (primary N) is 1. The highest BCUT2D eigenvalue weighted by atomic mass is 14.7. The standard InChI is InChI=1S/C12H23N/c1-9(2)6-12(8-13)7-10-3-4-11(12)5-10/h9-11H,3-8,13H2,1-2H3. The zero-order chi connectivity index (χ0) is 9.47. The Hall–Kier alpha value is -0.0400. The highest BCUT2D eigenvalue weighted by Gasteiger charge is 2.49. The fourth-order valence-electron chi connectivity index (χ4n) is 3.95. The van der Waals surface area contributed by atoms with Gasteiger partial charge in [-0.2, -0.15) is 0 Å². The first-order valence-corrected chi connectivity index (χ1v) is 5.86. The van der Waals surface area contributed by atoms with E-state index in [1.807, 2.05) is 0 Å². The lowest BCUT2D eigenvalue weighted by Gasteiger charge is -2.38. The average Bonchev–Trinajstić information content (AvgIpc) is 2.62. The Morgan fingerprint density at radius 1 is 1.38 bits per heavy atom. The fourth-order valence-corrected chi connectivity index (χ4v) is 3.95. The van der Waals surface area contributed by atoms with Crippen molar-refractivity contribution in [2.24, 2.45) is 28.9 Å². The molecule has 0 amide bonds. The zero-order valence-electron chi connectivity index (χ0n) is 9.05. The molecule has 0 aromatic carbocycles. The topological polar surface area (TPSA) is 26.0 Å². The molecule has 2 N–H and O–H groups in total. The van der Waals surface area contributed by atoms with E-state index in [-0.39, 0.29) is 0 Å². The summed E-state index contributed by atoms with van der Waals surface area (Å²) in [6.07, 6.45) is 7.25. The van der Waals surface area contributed by atoms with E-state index in [0.29, 0.717) is 5.41 Å². The van der Waals surface area contributed by atoms with Crippen molar-refractivity contribution in [3.63, 3.8) is 0 Å². The molecule has 2 aliphatic rings. The summed E-state index contributed by atoms with van der Waals surface area (Å²) in [6.45, 7) is 5.61. The molecule has 13 heavy (non-hydrogen) atoms. The minimum atomic E-state index is 0.553. The first-order valence-electron chi connectivity index (χ1n) is 5.86. The second-order valence-electron chi connectivity index (χ2n) is 5.74. The molecule has 2 aliphatic carbocycles. The van der Waals surface area contributed by atoms with Gasteiger partial charge in [-0.15, -0.1) is 0 Å². The molecule has 2 fully saturated rings. The molecule has 0 spiro atoms. The van der Waals surface area contributed by atoms with Gasteiger partial charge in [0.05, 0.1) is 0 Å². The maximum Gasteiger partial charge on any atom is -0.00177 e. The first kappa shape index (κ1) is 9.51. The van der Waals surface area contributed by atoms with Gasteiger partial charge in [-0.3, -0.25) is 0 Å². The second-order valence-corrected chi connectivity index (χ2v) is 5.74. The SMILES string of the molecule is CC(C)CC1(CN)CC2CCC1C2. The molecule has 3 unspecified atom stereocenters. The molecule has 2 bridgehead atoms. The van der Waals surface area contributed by atoms with Crippen molar-refractivity contribution in [3.05, 3.63) is 0 Å². The Morgan fingerprint density at radius 2 is 2.15 bits per heavy atom. The van der Waals surface area contributed by atoms with Crippen molar-refractivity contribution >= 4 is 0 Å². The summed E-state index contributed by atoms with van der Waals surface area (Å²) >= 11 is 0. The Balaban J connectivity index is 2.08. The van der Waals surface area contributed by atoms with Crippen molar-refractivity contribution < 1.29 is 0 Å². The Morgan fingerprint density at radius 3 is 2.54 bits per heavy atom. The van der Waals surface area contributed by atoms with Crippen LogP contribution in [0.15, 0.2) is 0 Å². The Labute approximate surface area is 82.1 Å². The predicted octanol–water partition coefficient (Wildman–Crippen LogP) is 2.80. The molecule has 3 atom stereocenters. The normalized spacial score (nSPS) is 43.4. The molecule has 0 aromatic rings. The van der Waals surface area contributed by atoms with Crippen LogP contribution in [0, 0.1) is 23.2 Å². The van der Waals surface area contributed by atoms with E-state index in [2.05, 4.69) is 13.8 Å². The lowest BCUT2D eigenvalue weighted by Crippen LogP contribution is -2.37. The zero-order valence-corrected chi connectivity index (χ0v) is 9.05. The monoisotopic (exact) mass is 181 g/mol. The molecule has 2 saturated carbocycles. The van der Waals surface area contributed by atoms with E-state index in [1.165, 1.54) is 32.1 Å². The van der Waals surface area contributed by atoms with Gasteiger partial charge in [-0.05, 0) is 55.4 Å². The minimum absolute atomic E-state index is 0.553. The van der Waals surface area contributed by atoms with Crippen LogP contribution in [0.5, 0.6) is 0 Å². The van der Waals surface area contributed by atoms with Crippen LogP contribution in [0.25, 0.3) is 0 Å². The van der Waals surface area contributed by atoms with Gasteiger partial charge in [0.1, 0.15) is 0 Å². The molecule has 0 aliphatic heterocycles. The molecule has 1 nitrogen and oxygen atoms in total. The number of hydrogen-bond donors (Lipinski definition) is 1. The Kier molecular flexibility index (Phi) is 2.39. The van der Waals surface area contributed by atoms with E-state index in [0.717, 1.165) is 24.3 Å². The van der Waals surface area contributed by atoms with Crippen molar-refractivity contribution in [2.75, 3.05) is 6.54 Å². The molecule has 1 heteroatoms. The molecule has 2 rings (SSSR count). The Bertz CT molecular complexity index is 188. The van der Waals surface area contributed by atoms with Gasteiger partial charge in [-0.25, -0.2) is 0 Å². The molecule has 0 radical (unpaired) electrons. The van der Waals surface area contributed by atoms with Crippen LogP contribution in [0.1, 0.15) is 46.0 Å². The van der Waals surface area contributed by atoms with Gasteiger partial charge in [0.25, 0.3) is 0 Å². The second kappa shape index (κ2) is 3.27. The summed E-state index contributed by atoms with van der Waals surface area (Å²) in [6, 6.07) is 0. The summed E-state index contributed by atoms with van der Waals surface area (Å²) in [5.41, 5.74) is 6.56. The highest BCUT2D eigenvalue weighted by Crippen LogP contribution is 2.57. The predicted molar refractivity (Wildman–Crippen MR) is 56.4 cm³/mol. The summed E-state index contributed by atoms with van der Waals surface area (Å²) in [4.78, 5) is 0. The van der Waals surface area contributed by atoms with Gasteiger partial charge < -0.3 is 5.73 Å². The van der Waals surface area contributed by atoms with Gasteiger partial charge in [0.2, 0.25) is 0 Å². The molecule has 0 heterocycles. The average molecular weight is 181 g/mol. The van der Waals surface area contributed by atoms with Gasteiger partial charge in [0, 0.05) is 0 Å². The van der Waals surface area contributed by atoms with Crippen molar-refractivity contribution in [2.45, 2.75) is 46.0 Å². The third-order valence-electron chi connectivity index (χ3n) is 4.32. The van der Waals surface area contributed by atoms with E-state index in [9.17, 15) is 0 Å². The summed E-state index contributed by atoms with van der Waals surface area (Å²) in [5, 5.41) is 0. The van der Waals surface area contributed by atoms with Gasteiger partial charge in [-0.1, -0.05) is 20.3 Å². The van der Waals surface area contributed by atoms with Crippen LogP contribution < -0.4 is 5.73 Å². The summed E-state index contributed by atoms with van der Waals surface area (Å²) in [5.74, 6) is 2.83. The van der Waals surface area contributed by atoms with Gasteiger partial charge >= 0.3 is 0 Å². The molecule has 0 saturated heterocycles. The first-order chi connectivity index (χ1) is 6.16. The highest BCUT2D eigenvalue weighted by molar-refractivity contribution is 5.01. The quantitative estimate of drug-likeness (QED) is 0.712. The third kappa shape index (κ3) is 1.52. The molecular weight excluding hydrogens is 158 g/mol.